The number of carbonyl (C=O) groups is 2. The second kappa shape index (κ2) is 5.65. The van der Waals surface area contributed by atoms with Gasteiger partial charge in [0.2, 0.25) is 6.29 Å². The number of hydrogen-bond acceptors (Lipinski definition) is 4. The van der Waals surface area contributed by atoms with E-state index in [1.54, 1.807) is 24.3 Å². The van der Waals surface area contributed by atoms with Gasteiger partial charge in [-0.15, -0.1) is 0 Å². The maximum atomic E-state index is 11.6. The Hall–Kier alpha value is -1.36. The summed E-state index contributed by atoms with van der Waals surface area (Å²) in [6.45, 7) is 2.74. The van der Waals surface area contributed by atoms with Crippen molar-refractivity contribution in [1.29, 1.82) is 0 Å². The van der Waals surface area contributed by atoms with Crippen molar-refractivity contribution in [2.24, 2.45) is 0 Å². The highest BCUT2D eigenvalue weighted by Gasteiger charge is 2.15. The van der Waals surface area contributed by atoms with Gasteiger partial charge in [-0.1, -0.05) is 12.1 Å². The molecule has 0 heterocycles. The quantitative estimate of drug-likeness (QED) is 0.633. The molecule has 4 nitrogen and oxygen atoms in total. The van der Waals surface area contributed by atoms with Gasteiger partial charge in [0.1, 0.15) is 0 Å². The number of benzene rings is 1. The molecule has 1 unspecified atom stereocenters. The molecule has 0 radical (unpaired) electrons. The zero-order valence-corrected chi connectivity index (χ0v) is 10.5. The average molecular weight is 287 g/mol. The number of hydrogen-bond donors (Lipinski definition) is 0. The van der Waals surface area contributed by atoms with Gasteiger partial charge in [0.05, 0.1) is 5.56 Å². The summed E-state index contributed by atoms with van der Waals surface area (Å²) >= 11 is 3.23. The van der Waals surface area contributed by atoms with E-state index in [9.17, 15) is 9.59 Å². The van der Waals surface area contributed by atoms with Crippen molar-refractivity contribution in [3.63, 3.8) is 0 Å². The molecule has 86 valence electrons. The van der Waals surface area contributed by atoms with Crippen LogP contribution in [0.2, 0.25) is 0 Å². The number of halogens is 1. The first-order valence-corrected chi connectivity index (χ1v) is 5.42. The van der Waals surface area contributed by atoms with Crippen LogP contribution in [0, 0.1) is 0 Å². The van der Waals surface area contributed by atoms with E-state index in [1.165, 1.54) is 13.8 Å². The molecule has 0 bridgehead atoms. The minimum atomic E-state index is -0.892. The fraction of sp³-hybridized carbons (Fsp3) is 0.273. The Morgan fingerprint density at radius 3 is 2.44 bits per heavy atom. The van der Waals surface area contributed by atoms with Gasteiger partial charge < -0.3 is 9.47 Å². The molecule has 1 aromatic rings. The van der Waals surface area contributed by atoms with Gasteiger partial charge in [-0.2, -0.15) is 0 Å². The lowest BCUT2D eigenvalue weighted by atomic mass is 10.2. The minimum absolute atomic E-state index is 0.390. The fourth-order valence-electron chi connectivity index (χ4n) is 1.10. The van der Waals surface area contributed by atoms with Crippen molar-refractivity contribution in [2.75, 3.05) is 0 Å². The molecule has 0 saturated heterocycles. The minimum Gasteiger partial charge on any atom is -0.426 e. The van der Waals surface area contributed by atoms with Crippen molar-refractivity contribution in [3.05, 3.63) is 34.3 Å². The normalized spacial score (nSPS) is 11.7. The molecular formula is C11H11BrO4. The van der Waals surface area contributed by atoms with Crippen LogP contribution < -0.4 is 0 Å². The first-order chi connectivity index (χ1) is 7.50. The number of esters is 2. The Kier molecular flexibility index (Phi) is 4.49. The highest BCUT2D eigenvalue weighted by molar-refractivity contribution is 9.10. The van der Waals surface area contributed by atoms with Crippen LogP contribution in [0.1, 0.15) is 24.2 Å². The average Bonchev–Trinajstić information content (AvgIpc) is 2.16. The van der Waals surface area contributed by atoms with Crippen LogP contribution in [0.15, 0.2) is 28.7 Å². The fourth-order valence-corrected chi connectivity index (χ4v) is 1.55. The van der Waals surface area contributed by atoms with Gasteiger partial charge in [0, 0.05) is 18.3 Å². The molecule has 5 heteroatoms. The highest BCUT2D eigenvalue weighted by atomic mass is 79.9. The van der Waals surface area contributed by atoms with Crippen molar-refractivity contribution in [1.82, 2.24) is 0 Å². The van der Waals surface area contributed by atoms with Crippen LogP contribution in [0.3, 0.4) is 0 Å². The molecule has 0 amide bonds. The first kappa shape index (κ1) is 12.7. The zero-order chi connectivity index (χ0) is 12.1. The molecule has 0 spiro atoms. The monoisotopic (exact) mass is 286 g/mol. The lowest BCUT2D eigenvalue weighted by Gasteiger charge is -2.13. The highest BCUT2D eigenvalue weighted by Crippen LogP contribution is 2.17. The third-order valence-corrected chi connectivity index (χ3v) is 2.39. The van der Waals surface area contributed by atoms with Crippen LogP contribution in [0.25, 0.3) is 0 Å². The maximum absolute atomic E-state index is 11.6. The molecule has 16 heavy (non-hydrogen) atoms. The van der Waals surface area contributed by atoms with Crippen LogP contribution in [0.5, 0.6) is 0 Å². The van der Waals surface area contributed by atoms with E-state index in [0.717, 1.165) is 0 Å². The lowest BCUT2D eigenvalue weighted by molar-refractivity contribution is -0.162. The van der Waals surface area contributed by atoms with E-state index in [0.29, 0.717) is 10.0 Å². The molecule has 0 aromatic heterocycles. The summed E-state index contributed by atoms with van der Waals surface area (Å²) in [7, 11) is 0. The molecule has 1 aromatic carbocycles. The van der Waals surface area contributed by atoms with Crippen molar-refractivity contribution in [3.8, 4) is 0 Å². The van der Waals surface area contributed by atoms with Gasteiger partial charge in [0.25, 0.3) is 0 Å². The second-order valence-electron chi connectivity index (χ2n) is 3.06. The van der Waals surface area contributed by atoms with E-state index >= 15 is 0 Å². The first-order valence-electron chi connectivity index (χ1n) is 4.63. The summed E-state index contributed by atoms with van der Waals surface area (Å²) in [5.74, 6) is -1.03. The molecule has 0 aliphatic carbocycles. The summed E-state index contributed by atoms with van der Waals surface area (Å²) < 4.78 is 10.2. The van der Waals surface area contributed by atoms with Gasteiger partial charge in [-0.05, 0) is 28.1 Å². The van der Waals surface area contributed by atoms with E-state index in [4.69, 9.17) is 4.74 Å². The van der Waals surface area contributed by atoms with Gasteiger partial charge >= 0.3 is 11.9 Å². The molecular weight excluding hydrogens is 276 g/mol. The van der Waals surface area contributed by atoms with Crippen molar-refractivity contribution in [2.45, 2.75) is 20.1 Å². The Morgan fingerprint density at radius 1 is 1.25 bits per heavy atom. The third kappa shape index (κ3) is 3.66. The number of rotatable bonds is 3. The van der Waals surface area contributed by atoms with Crippen molar-refractivity contribution < 1.29 is 19.1 Å². The summed E-state index contributed by atoms with van der Waals surface area (Å²) in [6.07, 6.45) is -0.892. The largest absolute Gasteiger partial charge is 0.426 e. The third-order valence-electron chi connectivity index (χ3n) is 1.70. The molecule has 0 aliphatic heterocycles. The summed E-state index contributed by atoms with van der Waals surface area (Å²) in [6, 6.07) is 6.86. The molecule has 1 atom stereocenters. The van der Waals surface area contributed by atoms with E-state index in [1.807, 2.05) is 0 Å². The topological polar surface area (TPSA) is 52.6 Å². The SMILES string of the molecule is CC(=O)OC(C)OC(=O)c1ccccc1Br. The smallest absolute Gasteiger partial charge is 0.342 e. The lowest BCUT2D eigenvalue weighted by Crippen LogP contribution is -2.20. The molecule has 0 fully saturated rings. The Labute approximate surface area is 102 Å². The number of carbonyl (C=O) groups excluding carboxylic acids is 2. The predicted molar refractivity (Wildman–Crippen MR) is 60.8 cm³/mol. The van der Waals surface area contributed by atoms with E-state index in [2.05, 4.69) is 20.7 Å². The molecule has 0 saturated carbocycles. The Balaban J connectivity index is 2.66. The Bertz CT molecular complexity index is 403. The maximum Gasteiger partial charge on any atom is 0.342 e. The van der Waals surface area contributed by atoms with E-state index < -0.39 is 18.2 Å². The summed E-state index contributed by atoms with van der Waals surface area (Å²) in [4.78, 5) is 22.2. The standard InChI is InChI=1S/C11H11BrO4/c1-7(13)15-8(2)16-11(14)9-5-3-4-6-10(9)12/h3-6,8H,1-2H3. The Morgan fingerprint density at radius 2 is 1.88 bits per heavy atom. The molecule has 1 rings (SSSR count). The summed E-state index contributed by atoms with van der Waals surface area (Å²) in [5, 5.41) is 0. The number of ether oxygens (including phenoxy) is 2. The van der Waals surface area contributed by atoms with Crippen LogP contribution in [-0.4, -0.2) is 18.2 Å². The summed E-state index contributed by atoms with van der Waals surface area (Å²) in [5.41, 5.74) is 0.390. The second-order valence-corrected chi connectivity index (χ2v) is 3.92. The predicted octanol–water partition coefficient (Wildman–Crippen LogP) is 2.52. The van der Waals surface area contributed by atoms with Gasteiger partial charge in [-0.3, -0.25) is 4.79 Å². The van der Waals surface area contributed by atoms with E-state index in [-0.39, 0.29) is 0 Å². The van der Waals surface area contributed by atoms with Crippen LogP contribution >= 0.6 is 15.9 Å². The van der Waals surface area contributed by atoms with Gasteiger partial charge in [0.15, 0.2) is 0 Å². The van der Waals surface area contributed by atoms with Crippen LogP contribution in [-0.2, 0) is 14.3 Å². The molecule has 0 aliphatic rings. The zero-order valence-electron chi connectivity index (χ0n) is 8.90. The van der Waals surface area contributed by atoms with Crippen molar-refractivity contribution >= 4 is 27.9 Å². The van der Waals surface area contributed by atoms with Gasteiger partial charge in [-0.25, -0.2) is 4.79 Å². The van der Waals surface area contributed by atoms with Crippen LogP contribution in [0.4, 0.5) is 0 Å². The molecule has 0 N–H and O–H groups in total.